The van der Waals surface area contributed by atoms with Gasteiger partial charge in [0.2, 0.25) is 10.9 Å². The molecule has 3 heterocycles. The van der Waals surface area contributed by atoms with Crippen molar-refractivity contribution in [3.8, 4) is 5.75 Å². The van der Waals surface area contributed by atoms with E-state index in [9.17, 15) is 14.7 Å². The Kier molecular flexibility index (Phi) is 7.91. The van der Waals surface area contributed by atoms with Crippen LogP contribution in [0.4, 0.5) is 5.13 Å². The van der Waals surface area contributed by atoms with Crippen molar-refractivity contribution in [1.29, 1.82) is 0 Å². The molecule has 3 aromatic carbocycles. The molecule has 0 spiro atoms. The van der Waals surface area contributed by atoms with Gasteiger partial charge < -0.3 is 14.3 Å². The van der Waals surface area contributed by atoms with Crippen molar-refractivity contribution in [2.75, 3.05) is 12.0 Å². The van der Waals surface area contributed by atoms with E-state index in [4.69, 9.17) is 44.0 Å². The minimum Gasteiger partial charge on any atom is -0.503 e. The number of methoxy groups -OCH3 is 1. The number of nitrogens with zero attached hydrogens (tertiary/aromatic N) is 3. The summed E-state index contributed by atoms with van der Waals surface area (Å²) in [5, 5.41) is 21.5. The highest BCUT2D eigenvalue weighted by molar-refractivity contribution is 8.00. The summed E-state index contributed by atoms with van der Waals surface area (Å²) in [6.07, 6.45) is 0. The zero-order valence-electron chi connectivity index (χ0n) is 21.5. The van der Waals surface area contributed by atoms with Crippen molar-refractivity contribution in [3.63, 3.8) is 0 Å². The fraction of sp³-hybridized carbons (Fsp3) is 0.103. The number of hydrogen-bond acceptors (Lipinski definition) is 9. The first-order chi connectivity index (χ1) is 20.2. The van der Waals surface area contributed by atoms with Gasteiger partial charge in [0, 0.05) is 16.2 Å². The van der Waals surface area contributed by atoms with Crippen LogP contribution in [-0.4, -0.2) is 34.1 Å². The van der Waals surface area contributed by atoms with Crippen molar-refractivity contribution in [2.24, 2.45) is 0 Å². The number of ether oxygens (including phenoxy) is 1. The maximum absolute atomic E-state index is 13.9. The Balaban J connectivity index is 1.38. The fourth-order valence-electron chi connectivity index (χ4n) is 4.56. The molecule has 0 saturated carbocycles. The van der Waals surface area contributed by atoms with E-state index in [0.29, 0.717) is 42.4 Å². The smallest absolute Gasteiger partial charge is 0.296 e. The molecule has 13 heteroatoms. The number of rotatable bonds is 8. The summed E-state index contributed by atoms with van der Waals surface area (Å²) in [7, 11) is 1.49. The van der Waals surface area contributed by atoms with E-state index in [1.165, 1.54) is 29.8 Å². The maximum Gasteiger partial charge on any atom is 0.296 e. The number of anilines is 1. The summed E-state index contributed by atoms with van der Waals surface area (Å²) < 4.78 is 11.8. The number of furan rings is 1. The van der Waals surface area contributed by atoms with E-state index >= 15 is 0 Å². The molecule has 1 amide bonds. The number of hydrogen-bond donors (Lipinski definition) is 1. The third kappa shape index (κ3) is 5.25. The SMILES string of the molecule is COc1cccc2cc(C(=O)C3=C(O)C(=O)N(c4nnc(SCc5ccc(Cl)cc5)s4)C3c3ccc(Cl)c(Cl)c3)oc12. The van der Waals surface area contributed by atoms with Crippen molar-refractivity contribution in [2.45, 2.75) is 16.1 Å². The number of benzene rings is 3. The summed E-state index contributed by atoms with van der Waals surface area (Å²) >= 11 is 21.1. The summed E-state index contributed by atoms with van der Waals surface area (Å²) in [6, 6.07) is 17.8. The van der Waals surface area contributed by atoms with E-state index < -0.39 is 23.5 Å². The Labute approximate surface area is 262 Å². The molecule has 0 radical (unpaired) electrons. The highest BCUT2D eigenvalue weighted by atomic mass is 35.5. The lowest BCUT2D eigenvalue weighted by Gasteiger charge is -2.24. The molecule has 0 bridgehead atoms. The van der Waals surface area contributed by atoms with Gasteiger partial charge in [-0.3, -0.25) is 14.5 Å². The lowest BCUT2D eigenvalue weighted by atomic mass is 9.95. The minimum absolute atomic E-state index is 0.0766. The molecule has 8 nitrogen and oxygen atoms in total. The predicted molar refractivity (Wildman–Crippen MR) is 164 cm³/mol. The van der Waals surface area contributed by atoms with E-state index in [1.54, 1.807) is 48.5 Å². The molecule has 2 aromatic heterocycles. The Morgan fingerprint density at radius 3 is 2.60 bits per heavy atom. The summed E-state index contributed by atoms with van der Waals surface area (Å²) in [5.74, 6) is -1.26. The van der Waals surface area contributed by atoms with Crippen LogP contribution < -0.4 is 9.64 Å². The van der Waals surface area contributed by atoms with Gasteiger partial charge in [0.05, 0.1) is 28.8 Å². The highest BCUT2D eigenvalue weighted by Crippen LogP contribution is 2.45. The summed E-state index contributed by atoms with van der Waals surface area (Å²) in [5.41, 5.74) is 1.63. The number of ketones is 1. The zero-order valence-corrected chi connectivity index (χ0v) is 25.4. The quantitative estimate of drug-likeness (QED) is 0.101. The number of thioether (sulfide) groups is 1. The number of aliphatic hydroxyl groups is 1. The molecule has 1 aliphatic heterocycles. The van der Waals surface area contributed by atoms with Gasteiger partial charge in [-0.05, 0) is 47.5 Å². The molecule has 1 atom stereocenters. The second-order valence-corrected chi connectivity index (χ2v) is 12.5. The molecule has 1 N–H and O–H groups in total. The number of para-hydroxylation sites is 1. The van der Waals surface area contributed by atoms with Crippen molar-refractivity contribution < 1.29 is 23.8 Å². The van der Waals surface area contributed by atoms with Crippen molar-refractivity contribution in [3.05, 3.63) is 110 Å². The number of carbonyl (C=O) groups excluding carboxylic acids is 2. The number of halogens is 3. The van der Waals surface area contributed by atoms with Crippen molar-refractivity contribution in [1.82, 2.24) is 10.2 Å². The van der Waals surface area contributed by atoms with Gasteiger partial charge in [0.1, 0.15) is 0 Å². The number of Topliss-reactive ketones (excluding diaryl/α,β-unsaturated/α-hetero) is 1. The third-order valence-electron chi connectivity index (χ3n) is 6.54. The zero-order chi connectivity index (χ0) is 29.5. The lowest BCUT2D eigenvalue weighted by molar-refractivity contribution is -0.117. The Bertz CT molecular complexity index is 1890. The molecular weight excluding hydrogens is 641 g/mol. The Morgan fingerprint density at radius 2 is 1.86 bits per heavy atom. The second kappa shape index (κ2) is 11.6. The Morgan fingerprint density at radius 1 is 1.07 bits per heavy atom. The van der Waals surface area contributed by atoms with Gasteiger partial charge in [-0.1, -0.05) is 88.2 Å². The molecule has 0 fully saturated rings. The van der Waals surface area contributed by atoms with E-state index in [-0.39, 0.29) is 21.5 Å². The first kappa shape index (κ1) is 28.6. The Hall–Kier alpha value is -3.54. The molecule has 1 unspecified atom stereocenters. The highest BCUT2D eigenvalue weighted by Gasteiger charge is 2.47. The number of aromatic nitrogens is 2. The van der Waals surface area contributed by atoms with E-state index in [0.717, 1.165) is 16.9 Å². The van der Waals surface area contributed by atoms with Gasteiger partial charge in [0.15, 0.2) is 27.2 Å². The molecule has 0 saturated heterocycles. The normalized spacial score (nSPS) is 15.2. The predicted octanol–water partition coefficient (Wildman–Crippen LogP) is 8.33. The van der Waals surface area contributed by atoms with Crippen molar-refractivity contribution >= 4 is 85.7 Å². The van der Waals surface area contributed by atoms with Crippen LogP contribution in [-0.2, 0) is 10.5 Å². The molecule has 6 rings (SSSR count). The second-order valence-electron chi connectivity index (χ2n) is 9.10. The number of amides is 1. The average molecular weight is 659 g/mol. The third-order valence-corrected chi connectivity index (χ3v) is 9.66. The summed E-state index contributed by atoms with van der Waals surface area (Å²) in [4.78, 5) is 28.7. The maximum atomic E-state index is 13.9. The van der Waals surface area contributed by atoms with E-state index in [2.05, 4.69) is 10.2 Å². The molecule has 42 heavy (non-hydrogen) atoms. The van der Waals surface area contributed by atoms with Crippen LogP contribution in [0.5, 0.6) is 5.75 Å². The fourth-order valence-corrected chi connectivity index (χ4v) is 6.81. The van der Waals surface area contributed by atoms with Gasteiger partial charge >= 0.3 is 0 Å². The van der Waals surface area contributed by atoms with Crippen LogP contribution in [0.15, 0.2) is 86.8 Å². The van der Waals surface area contributed by atoms with Crippen LogP contribution in [0, 0.1) is 0 Å². The van der Waals surface area contributed by atoms with Crippen LogP contribution >= 0.6 is 57.9 Å². The van der Waals surface area contributed by atoms with Crippen LogP contribution in [0.3, 0.4) is 0 Å². The first-order valence-corrected chi connectivity index (χ1v) is 15.2. The lowest BCUT2D eigenvalue weighted by Crippen LogP contribution is -2.31. The van der Waals surface area contributed by atoms with Crippen LogP contribution in [0.25, 0.3) is 11.0 Å². The number of fused-ring (bicyclic) bond motifs is 1. The van der Waals surface area contributed by atoms with Gasteiger partial charge in [0.25, 0.3) is 5.91 Å². The average Bonchev–Trinajstić information content (AvgIpc) is 3.70. The number of carbonyl (C=O) groups is 2. The standard InChI is InChI=1S/C29H18Cl3N3O5S2/c1-39-20-4-2-3-16-12-21(40-26(16)20)24(36)22-23(15-7-10-18(31)19(32)11-15)35(27(38)25(22)37)28-33-34-29(42-28)41-13-14-5-8-17(30)9-6-14/h2-12,23,37H,13H2,1H3. The number of aliphatic hydroxyl groups excluding tert-OH is 1. The topological polar surface area (TPSA) is 106 Å². The van der Waals surface area contributed by atoms with Gasteiger partial charge in [-0.2, -0.15) is 0 Å². The van der Waals surface area contributed by atoms with Gasteiger partial charge in [-0.25, -0.2) is 0 Å². The molecular formula is C29H18Cl3N3O5S2. The monoisotopic (exact) mass is 657 g/mol. The van der Waals surface area contributed by atoms with Gasteiger partial charge in [-0.15, -0.1) is 10.2 Å². The van der Waals surface area contributed by atoms with E-state index in [1.807, 2.05) is 12.1 Å². The van der Waals surface area contributed by atoms with Crippen LogP contribution in [0.1, 0.15) is 27.7 Å². The molecule has 1 aliphatic rings. The molecule has 212 valence electrons. The molecule has 5 aromatic rings. The first-order valence-electron chi connectivity index (χ1n) is 12.3. The molecule has 0 aliphatic carbocycles. The van der Waals surface area contributed by atoms with Crippen LogP contribution in [0.2, 0.25) is 15.1 Å². The summed E-state index contributed by atoms with van der Waals surface area (Å²) in [6.45, 7) is 0. The largest absolute Gasteiger partial charge is 0.503 e. The minimum atomic E-state index is -1.09.